The highest BCUT2D eigenvalue weighted by Gasteiger charge is 2.06. The van der Waals surface area contributed by atoms with Crippen LogP contribution in [0.4, 0.5) is 5.13 Å². The Balaban J connectivity index is 2.04. The number of nitrogen functional groups attached to an aromatic ring is 1. The van der Waals surface area contributed by atoms with Crippen LogP contribution < -0.4 is 16.0 Å². The molecule has 0 aliphatic rings. The van der Waals surface area contributed by atoms with Crippen LogP contribution in [0.25, 0.3) is 0 Å². The number of aromatic nitrogens is 2. The third-order valence-electron chi connectivity index (χ3n) is 2.03. The lowest BCUT2D eigenvalue weighted by Crippen LogP contribution is -2.05. The zero-order valence-corrected chi connectivity index (χ0v) is 10.7. The zero-order chi connectivity index (χ0) is 12.3. The number of aryl methyl sites for hydroxylation is 1. The Morgan fingerprint density at radius 1 is 1.47 bits per heavy atom. The van der Waals surface area contributed by atoms with E-state index in [0.29, 0.717) is 22.5 Å². The van der Waals surface area contributed by atoms with Gasteiger partial charge in [0, 0.05) is 0 Å². The second-order valence-corrected chi connectivity index (χ2v) is 4.84. The largest absolute Gasteiger partial charge is 0.485 e. The van der Waals surface area contributed by atoms with Crippen LogP contribution in [-0.4, -0.2) is 10.2 Å². The first-order valence-electron chi connectivity index (χ1n) is 4.87. The van der Waals surface area contributed by atoms with Crippen LogP contribution in [0.3, 0.4) is 0 Å². The summed E-state index contributed by atoms with van der Waals surface area (Å²) >= 11 is 7.34. The number of rotatable bonds is 4. The number of halogens is 1. The van der Waals surface area contributed by atoms with E-state index in [2.05, 4.69) is 15.6 Å². The maximum Gasteiger partial charge on any atom is 0.219 e. The van der Waals surface area contributed by atoms with Gasteiger partial charge in [-0.1, -0.05) is 29.0 Å². The number of anilines is 1. The Labute approximate surface area is 108 Å². The van der Waals surface area contributed by atoms with E-state index in [1.54, 1.807) is 6.07 Å². The van der Waals surface area contributed by atoms with E-state index in [9.17, 15) is 0 Å². The predicted octanol–water partition coefficient (Wildman–Crippen LogP) is 2.36. The number of ether oxygens (including phenoxy) is 1. The highest BCUT2D eigenvalue weighted by molar-refractivity contribution is 7.15. The summed E-state index contributed by atoms with van der Waals surface area (Å²) in [5.74, 6) is 5.85. The Bertz CT molecular complexity index is 517. The first-order valence-corrected chi connectivity index (χ1v) is 6.06. The van der Waals surface area contributed by atoms with E-state index in [0.717, 1.165) is 10.6 Å². The first kappa shape index (κ1) is 12.1. The summed E-state index contributed by atoms with van der Waals surface area (Å²) < 4.78 is 5.57. The summed E-state index contributed by atoms with van der Waals surface area (Å²) in [7, 11) is 0. The average Bonchev–Trinajstić information content (AvgIpc) is 2.78. The van der Waals surface area contributed by atoms with Gasteiger partial charge in [-0.3, -0.25) is 5.43 Å². The van der Waals surface area contributed by atoms with Gasteiger partial charge in [0.05, 0.1) is 5.02 Å². The van der Waals surface area contributed by atoms with E-state index >= 15 is 0 Å². The van der Waals surface area contributed by atoms with E-state index < -0.39 is 0 Å². The molecule has 5 nitrogen and oxygen atoms in total. The second kappa shape index (κ2) is 5.31. The average molecular weight is 271 g/mol. The van der Waals surface area contributed by atoms with Gasteiger partial charge >= 0.3 is 0 Å². The molecular weight excluding hydrogens is 260 g/mol. The molecule has 0 radical (unpaired) electrons. The maximum absolute atomic E-state index is 6.00. The zero-order valence-electron chi connectivity index (χ0n) is 9.11. The van der Waals surface area contributed by atoms with Crippen LogP contribution in [0.1, 0.15) is 10.6 Å². The first-order chi connectivity index (χ1) is 8.19. The molecule has 1 aromatic heterocycles. The lowest BCUT2D eigenvalue weighted by atomic mass is 10.2. The van der Waals surface area contributed by atoms with Crippen LogP contribution in [0.5, 0.6) is 5.75 Å². The second-order valence-electron chi connectivity index (χ2n) is 3.37. The van der Waals surface area contributed by atoms with Crippen molar-refractivity contribution in [2.45, 2.75) is 13.5 Å². The van der Waals surface area contributed by atoms with Gasteiger partial charge in [0.15, 0.2) is 5.01 Å². The molecule has 2 aromatic rings. The molecule has 0 saturated carbocycles. The Hall–Kier alpha value is -1.37. The van der Waals surface area contributed by atoms with E-state index in [1.165, 1.54) is 11.3 Å². The van der Waals surface area contributed by atoms with Gasteiger partial charge in [0.1, 0.15) is 12.4 Å². The number of hydrogen-bond donors (Lipinski definition) is 2. The third-order valence-corrected chi connectivity index (χ3v) is 3.17. The molecule has 0 aliphatic heterocycles. The molecule has 0 atom stereocenters. The molecule has 90 valence electrons. The summed E-state index contributed by atoms with van der Waals surface area (Å²) in [6.07, 6.45) is 0. The van der Waals surface area contributed by atoms with Crippen LogP contribution in [0, 0.1) is 6.92 Å². The van der Waals surface area contributed by atoms with E-state index in [4.69, 9.17) is 22.2 Å². The third kappa shape index (κ3) is 3.06. The van der Waals surface area contributed by atoms with Gasteiger partial charge in [-0.05, 0) is 24.6 Å². The smallest absolute Gasteiger partial charge is 0.219 e. The molecule has 7 heteroatoms. The molecule has 17 heavy (non-hydrogen) atoms. The Kier molecular flexibility index (Phi) is 3.78. The minimum Gasteiger partial charge on any atom is -0.485 e. The number of nitrogens with one attached hydrogen (secondary N) is 1. The minimum absolute atomic E-state index is 0.322. The summed E-state index contributed by atoms with van der Waals surface area (Å²) in [4.78, 5) is 0. The highest BCUT2D eigenvalue weighted by atomic mass is 35.5. The molecule has 1 aromatic carbocycles. The Morgan fingerprint density at radius 2 is 2.29 bits per heavy atom. The fraction of sp³-hybridized carbons (Fsp3) is 0.200. The number of hydrazine groups is 1. The SMILES string of the molecule is Cc1ccc(Cl)c(OCc2nnc(NN)s2)c1. The normalized spacial score (nSPS) is 10.3. The van der Waals surface area contributed by atoms with Gasteiger partial charge in [-0.25, -0.2) is 5.84 Å². The number of hydrogen-bond acceptors (Lipinski definition) is 6. The summed E-state index contributed by atoms with van der Waals surface area (Å²) in [6, 6.07) is 5.61. The van der Waals surface area contributed by atoms with Crippen molar-refractivity contribution < 1.29 is 4.74 Å². The minimum atomic E-state index is 0.322. The van der Waals surface area contributed by atoms with E-state index in [-0.39, 0.29) is 0 Å². The van der Waals surface area contributed by atoms with Crippen LogP contribution in [0.15, 0.2) is 18.2 Å². The van der Waals surface area contributed by atoms with Gasteiger partial charge in [-0.2, -0.15) is 0 Å². The van der Waals surface area contributed by atoms with Crippen molar-refractivity contribution in [1.82, 2.24) is 10.2 Å². The number of benzene rings is 1. The fourth-order valence-corrected chi connectivity index (χ4v) is 1.97. The molecule has 0 bridgehead atoms. The summed E-state index contributed by atoms with van der Waals surface area (Å²) in [6.45, 7) is 2.30. The molecule has 0 spiro atoms. The number of nitrogens with zero attached hydrogens (tertiary/aromatic N) is 2. The molecule has 0 saturated heterocycles. The molecule has 0 aliphatic carbocycles. The van der Waals surface area contributed by atoms with Crippen molar-refractivity contribution in [3.05, 3.63) is 33.8 Å². The topological polar surface area (TPSA) is 73.1 Å². The standard InChI is InChI=1S/C10H11ClN4OS/c1-6-2-3-7(11)8(4-6)16-5-9-14-15-10(13-12)17-9/h2-4H,5,12H2,1H3,(H,13,15). The van der Waals surface area contributed by atoms with Crippen molar-refractivity contribution >= 4 is 28.1 Å². The van der Waals surface area contributed by atoms with Crippen LogP contribution >= 0.6 is 22.9 Å². The molecular formula is C10H11ClN4OS. The monoisotopic (exact) mass is 270 g/mol. The molecule has 3 N–H and O–H groups in total. The van der Waals surface area contributed by atoms with Crippen molar-refractivity contribution in [3.63, 3.8) is 0 Å². The molecule has 0 unspecified atom stereocenters. The maximum atomic E-state index is 6.00. The molecule has 1 heterocycles. The van der Waals surface area contributed by atoms with Gasteiger partial charge in [0.2, 0.25) is 5.13 Å². The quantitative estimate of drug-likeness (QED) is 0.659. The molecule has 0 amide bonds. The molecule has 2 rings (SSSR count). The summed E-state index contributed by atoms with van der Waals surface area (Å²) in [5, 5.41) is 9.59. The highest BCUT2D eigenvalue weighted by Crippen LogP contribution is 2.26. The Morgan fingerprint density at radius 3 is 3.00 bits per heavy atom. The van der Waals surface area contributed by atoms with Crippen molar-refractivity contribution in [2.24, 2.45) is 5.84 Å². The van der Waals surface area contributed by atoms with Crippen molar-refractivity contribution in [1.29, 1.82) is 0 Å². The predicted molar refractivity (Wildman–Crippen MR) is 68.2 cm³/mol. The van der Waals surface area contributed by atoms with Crippen LogP contribution in [-0.2, 0) is 6.61 Å². The van der Waals surface area contributed by atoms with Gasteiger partial charge < -0.3 is 4.74 Å². The lowest BCUT2D eigenvalue weighted by Gasteiger charge is -2.06. The number of nitrogens with two attached hydrogens (primary N) is 1. The molecule has 0 fully saturated rings. The van der Waals surface area contributed by atoms with Crippen molar-refractivity contribution in [3.8, 4) is 5.75 Å². The van der Waals surface area contributed by atoms with E-state index in [1.807, 2.05) is 19.1 Å². The fourth-order valence-electron chi connectivity index (χ4n) is 1.23. The van der Waals surface area contributed by atoms with Gasteiger partial charge in [0.25, 0.3) is 0 Å². The van der Waals surface area contributed by atoms with Gasteiger partial charge in [-0.15, -0.1) is 10.2 Å². The van der Waals surface area contributed by atoms with Crippen molar-refractivity contribution in [2.75, 3.05) is 5.43 Å². The van der Waals surface area contributed by atoms with Crippen LogP contribution in [0.2, 0.25) is 5.02 Å². The lowest BCUT2D eigenvalue weighted by molar-refractivity contribution is 0.304. The summed E-state index contributed by atoms with van der Waals surface area (Å²) in [5.41, 5.74) is 3.52.